The number of nitrogens with zero attached hydrogens (tertiary/aromatic N) is 1. The molecule has 0 radical (unpaired) electrons. The summed E-state index contributed by atoms with van der Waals surface area (Å²) in [5.41, 5.74) is -0.395. The lowest BCUT2D eigenvalue weighted by molar-refractivity contribution is -0.152. The van der Waals surface area contributed by atoms with Gasteiger partial charge in [-0.1, -0.05) is 95.5 Å². The van der Waals surface area contributed by atoms with Crippen LogP contribution in [0.1, 0.15) is 22.7 Å². The van der Waals surface area contributed by atoms with Crippen LogP contribution in [0.3, 0.4) is 0 Å². The van der Waals surface area contributed by atoms with Gasteiger partial charge in [-0.25, -0.2) is 4.79 Å². The molecule has 2 saturated heterocycles. The minimum atomic E-state index is -1.87. The highest BCUT2D eigenvalue weighted by Gasteiger charge is 2.69. The summed E-state index contributed by atoms with van der Waals surface area (Å²) in [5.74, 6) is -4.55. The van der Waals surface area contributed by atoms with Gasteiger partial charge < -0.3 is 5.11 Å². The number of imide groups is 1. The molecule has 0 saturated carbocycles. The first-order valence-electron chi connectivity index (χ1n) is 10.9. The van der Waals surface area contributed by atoms with Gasteiger partial charge in [0.15, 0.2) is 5.54 Å². The zero-order valence-corrected chi connectivity index (χ0v) is 20.4. The van der Waals surface area contributed by atoms with Crippen molar-refractivity contribution >= 4 is 52.6 Å². The molecule has 2 fully saturated rings. The first-order chi connectivity index (χ1) is 16.8. The summed E-state index contributed by atoms with van der Waals surface area (Å²) in [6.07, 6.45) is 0. The number of benzene rings is 3. The SMILES string of the molecule is O=C1C2C(c3cc(Cl)cc(Cl)c3Cl)NC(C(=O)O)(c3ccccc3)C2C(=O)N1Cc1ccccc1. The third-order valence-corrected chi connectivity index (χ3v) is 7.79. The van der Waals surface area contributed by atoms with Crippen LogP contribution in [0.2, 0.25) is 15.1 Å². The summed E-state index contributed by atoms with van der Waals surface area (Å²) in [6.45, 7) is 0.0345. The lowest BCUT2D eigenvalue weighted by Gasteiger charge is -2.32. The fourth-order valence-corrected chi connectivity index (χ4v) is 5.98. The van der Waals surface area contributed by atoms with Crippen molar-refractivity contribution in [1.82, 2.24) is 10.2 Å². The number of hydrogen-bond acceptors (Lipinski definition) is 4. The van der Waals surface area contributed by atoms with E-state index in [9.17, 15) is 19.5 Å². The van der Waals surface area contributed by atoms with Gasteiger partial charge in [-0.2, -0.15) is 0 Å². The molecule has 9 heteroatoms. The number of rotatable bonds is 5. The Kier molecular flexibility index (Phi) is 6.09. The highest BCUT2D eigenvalue weighted by molar-refractivity contribution is 6.43. The summed E-state index contributed by atoms with van der Waals surface area (Å²) < 4.78 is 0. The van der Waals surface area contributed by atoms with Crippen LogP contribution in [0.5, 0.6) is 0 Å². The van der Waals surface area contributed by atoms with Gasteiger partial charge in [-0.05, 0) is 28.8 Å². The predicted molar refractivity (Wildman–Crippen MR) is 132 cm³/mol. The molecule has 0 bridgehead atoms. The number of aliphatic carboxylic acids is 1. The molecule has 2 heterocycles. The van der Waals surface area contributed by atoms with E-state index in [4.69, 9.17) is 34.8 Å². The van der Waals surface area contributed by atoms with E-state index in [0.717, 1.165) is 10.5 Å². The van der Waals surface area contributed by atoms with Gasteiger partial charge in [0.1, 0.15) is 0 Å². The quantitative estimate of drug-likeness (QED) is 0.356. The van der Waals surface area contributed by atoms with Crippen molar-refractivity contribution in [3.63, 3.8) is 0 Å². The van der Waals surface area contributed by atoms with Crippen molar-refractivity contribution in [2.45, 2.75) is 18.1 Å². The third-order valence-electron chi connectivity index (χ3n) is 6.76. The average Bonchev–Trinajstić information content (AvgIpc) is 3.33. The summed E-state index contributed by atoms with van der Waals surface area (Å²) in [5, 5.41) is 14.3. The molecule has 35 heavy (non-hydrogen) atoms. The Morgan fingerprint density at radius 3 is 2.20 bits per heavy atom. The lowest BCUT2D eigenvalue weighted by Crippen LogP contribution is -2.53. The number of carbonyl (C=O) groups is 3. The molecule has 3 aromatic rings. The van der Waals surface area contributed by atoms with Crippen molar-refractivity contribution in [2.24, 2.45) is 11.8 Å². The Morgan fingerprint density at radius 2 is 1.57 bits per heavy atom. The van der Waals surface area contributed by atoms with Gasteiger partial charge >= 0.3 is 5.97 Å². The normalized spacial score (nSPS) is 25.7. The number of carboxylic acid groups (broad SMARTS) is 1. The van der Waals surface area contributed by atoms with Gasteiger partial charge in [0.05, 0.1) is 28.4 Å². The number of carboxylic acids is 1. The zero-order valence-electron chi connectivity index (χ0n) is 18.1. The molecule has 4 atom stereocenters. The van der Waals surface area contributed by atoms with Gasteiger partial charge in [-0.15, -0.1) is 0 Å². The molecular weight excluding hydrogens is 511 g/mol. The molecule has 2 amide bonds. The molecule has 2 aliphatic rings. The summed E-state index contributed by atoms with van der Waals surface area (Å²) in [6, 6.07) is 19.5. The van der Waals surface area contributed by atoms with Crippen LogP contribution in [0.25, 0.3) is 0 Å². The van der Waals surface area contributed by atoms with Crippen molar-refractivity contribution in [3.05, 3.63) is 105 Å². The van der Waals surface area contributed by atoms with E-state index in [1.807, 2.05) is 18.2 Å². The van der Waals surface area contributed by atoms with Crippen molar-refractivity contribution < 1.29 is 19.5 Å². The van der Waals surface area contributed by atoms with Crippen LogP contribution >= 0.6 is 34.8 Å². The topological polar surface area (TPSA) is 86.7 Å². The number of fused-ring (bicyclic) bond motifs is 1. The van der Waals surface area contributed by atoms with Gasteiger partial charge in [-0.3, -0.25) is 19.8 Å². The van der Waals surface area contributed by atoms with Gasteiger partial charge in [0, 0.05) is 11.1 Å². The molecule has 3 aromatic carbocycles. The highest BCUT2D eigenvalue weighted by atomic mass is 35.5. The second-order valence-electron chi connectivity index (χ2n) is 8.64. The second-order valence-corrected chi connectivity index (χ2v) is 9.87. The van der Waals surface area contributed by atoms with E-state index < -0.39 is 41.2 Å². The molecule has 4 unspecified atom stereocenters. The number of carbonyl (C=O) groups excluding carboxylic acids is 2. The van der Waals surface area contributed by atoms with Crippen molar-refractivity contribution in [2.75, 3.05) is 0 Å². The van der Waals surface area contributed by atoms with E-state index in [0.29, 0.717) is 11.1 Å². The van der Waals surface area contributed by atoms with E-state index in [1.54, 1.807) is 48.5 Å². The van der Waals surface area contributed by atoms with E-state index >= 15 is 0 Å². The molecule has 178 valence electrons. The smallest absolute Gasteiger partial charge is 0.329 e. The largest absolute Gasteiger partial charge is 0.480 e. The van der Waals surface area contributed by atoms with Gasteiger partial charge in [0.2, 0.25) is 11.8 Å². The van der Waals surface area contributed by atoms with Crippen LogP contribution in [-0.2, 0) is 26.5 Å². The fourth-order valence-electron chi connectivity index (χ4n) is 5.24. The van der Waals surface area contributed by atoms with Crippen LogP contribution in [0.15, 0.2) is 72.8 Å². The molecule has 5 rings (SSSR count). The minimum Gasteiger partial charge on any atom is -0.480 e. The maximum absolute atomic E-state index is 13.8. The molecule has 2 aliphatic heterocycles. The number of likely N-dealkylation sites (tertiary alicyclic amines) is 1. The van der Waals surface area contributed by atoms with Crippen molar-refractivity contribution in [3.8, 4) is 0 Å². The van der Waals surface area contributed by atoms with Crippen molar-refractivity contribution in [1.29, 1.82) is 0 Å². The first kappa shape index (κ1) is 23.8. The monoisotopic (exact) mass is 528 g/mol. The maximum Gasteiger partial charge on any atom is 0.329 e. The molecule has 6 nitrogen and oxygen atoms in total. The Morgan fingerprint density at radius 1 is 0.943 bits per heavy atom. The number of hydrogen-bond donors (Lipinski definition) is 2. The second kappa shape index (κ2) is 8.95. The average molecular weight is 530 g/mol. The Bertz CT molecular complexity index is 1340. The van der Waals surface area contributed by atoms with E-state index in [1.165, 1.54) is 6.07 Å². The predicted octanol–water partition coefficient (Wildman–Crippen LogP) is 5.07. The van der Waals surface area contributed by atoms with E-state index in [2.05, 4.69) is 5.32 Å². The standard InChI is InChI=1S/C26H19Cl3N2O4/c27-16-11-17(21(29)18(28)12-16)22-19-20(26(30-22,25(34)35)15-9-5-2-6-10-15)24(33)31(23(19)32)13-14-7-3-1-4-8-14/h1-12,19-20,22,30H,13H2,(H,34,35). The lowest BCUT2D eigenvalue weighted by atomic mass is 9.75. The van der Waals surface area contributed by atoms with Crippen LogP contribution < -0.4 is 5.32 Å². The molecule has 2 N–H and O–H groups in total. The molecule has 0 aromatic heterocycles. The highest BCUT2D eigenvalue weighted by Crippen LogP contribution is 2.54. The van der Waals surface area contributed by atoms with Crippen LogP contribution in [-0.4, -0.2) is 27.8 Å². The summed E-state index contributed by atoms with van der Waals surface area (Å²) in [7, 11) is 0. The Balaban J connectivity index is 1.70. The summed E-state index contributed by atoms with van der Waals surface area (Å²) >= 11 is 19.0. The van der Waals surface area contributed by atoms with Crippen LogP contribution in [0.4, 0.5) is 0 Å². The fraction of sp³-hybridized carbons (Fsp3) is 0.192. The van der Waals surface area contributed by atoms with Crippen LogP contribution in [0, 0.1) is 11.8 Å². The molecule has 0 aliphatic carbocycles. The Hall–Kier alpha value is -2.90. The zero-order chi connectivity index (χ0) is 24.9. The summed E-state index contributed by atoms with van der Waals surface area (Å²) in [4.78, 5) is 41.7. The maximum atomic E-state index is 13.8. The van der Waals surface area contributed by atoms with Gasteiger partial charge in [0.25, 0.3) is 0 Å². The first-order valence-corrected chi connectivity index (χ1v) is 12.0. The minimum absolute atomic E-state index is 0.0345. The number of halogens is 3. The number of amides is 2. The van der Waals surface area contributed by atoms with E-state index in [-0.39, 0.29) is 21.6 Å². The Labute approximate surface area is 216 Å². The molecular formula is C26H19Cl3N2O4. The molecule has 0 spiro atoms. The third kappa shape index (κ3) is 3.72. The number of nitrogens with one attached hydrogen (secondary N) is 1.